The molecule has 2 heterocycles. The molecule has 0 aliphatic carbocycles. The number of aromatic nitrogens is 2. The number of aliphatic hydroxyl groups is 2. The molecule has 3 rings (SSSR count). The van der Waals surface area contributed by atoms with Crippen molar-refractivity contribution < 1.29 is 38.3 Å². The minimum Gasteiger partial charge on any atom is -0.496 e. The van der Waals surface area contributed by atoms with E-state index in [4.69, 9.17) is 18.9 Å². The minimum atomic E-state index is -1.66. The number of ether oxygens (including phenoxy) is 4. The van der Waals surface area contributed by atoms with E-state index >= 15 is 0 Å². The Bertz CT molecular complexity index is 1030. The lowest BCUT2D eigenvalue weighted by molar-refractivity contribution is -0.0603. The molecule has 1 fully saturated rings. The highest BCUT2D eigenvalue weighted by Gasteiger charge is 2.45. The van der Waals surface area contributed by atoms with Gasteiger partial charge in [-0.3, -0.25) is 14.3 Å². The van der Waals surface area contributed by atoms with E-state index in [9.17, 15) is 29.0 Å². The Hall–Kier alpha value is -3.22. The maximum Gasteiger partial charge on any atom is 0.345 e. The summed E-state index contributed by atoms with van der Waals surface area (Å²) in [6, 6.07) is 4.66. The van der Waals surface area contributed by atoms with Gasteiger partial charge in [-0.15, -0.1) is 0 Å². The molecule has 1 aliphatic heterocycles. The van der Waals surface area contributed by atoms with E-state index in [1.165, 1.54) is 26.4 Å². The van der Waals surface area contributed by atoms with Gasteiger partial charge in [0.05, 0.1) is 20.4 Å². The Morgan fingerprint density at radius 1 is 1.20 bits per heavy atom. The van der Waals surface area contributed by atoms with Crippen LogP contribution in [0.4, 0.5) is 4.39 Å². The SMILES string of the molecule is COc1cccc(OC)c1C(=O)OC[C@@H]1O[C@H](n2cc(F)c(=O)[nH]c2=O)C(O)C1O. The second-order valence-electron chi connectivity index (χ2n) is 6.33. The zero-order valence-electron chi connectivity index (χ0n) is 15.9. The fourth-order valence-electron chi connectivity index (χ4n) is 3.03. The molecular weight excluding hydrogens is 407 g/mol. The molecule has 1 aromatic heterocycles. The molecule has 0 amide bonds. The van der Waals surface area contributed by atoms with Crippen LogP contribution in [0.15, 0.2) is 34.0 Å². The molecule has 0 saturated carbocycles. The second-order valence-corrected chi connectivity index (χ2v) is 6.33. The number of carbonyl (C=O) groups is 1. The standard InChI is InChI=1S/C18H19FN2O9/c1-27-9-4-3-5-10(28-2)12(9)17(25)29-7-11-13(22)14(23)16(30-11)21-6-8(19)15(24)20-18(21)26/h3-6,11,13-14,16,22-23H,7H2,1-2H3,(H,20,24,26)/t11-,13?,14?,16-/m0/s1. The van der Waals surface area contributed by atoms with E-state index in [0.29, 0.717) is 10.8 Å². The number of nitrogens with zero attached hydrogens (tertiary/aromatic N) is 1. The maximum atomic E-state index is 13.5. The Labute approximate surface area is 168 Å². The molecule has 2 unspecified atom stereocenters. The summed E-state index contributed by atoms with van der Waals surface area (Å²) in [5, 5.41) is 20.4. The van der Waals surface area contributed by atoms with Crippen LogP contribution in [0.2, 0.25) is 0 Å². The first-order valence-corrected chi connectivity index (χ1v) is 8.69. The lowest BCUT2D eigenvalue weighted by Gasteiger charge is -2.17. The van der Waals surface area contributed by atoms with Crippen molar-refractivity contribution in [3.05, 3.63) is 56.6 Å². The van der Waals surface area contributed by atoms with Gasteiger partial charge in [-0.1, -0.05) is 6.07 Å². The molecule has 0 spiro atoms. The van der Waals surface area contributed by atoms with Gasteiger partial charge in [-0.25, -0.2) is 9.59 Å². The number of esters is 1. The van der Waals surface area contributed by atoms with E-state index in [1.807, 2.05) is 0 Å². The lowest BCUT2D eigenvalue weighted by Crippen LogP contribution is -2.38. The van der Waals surface area contributed by atoms with Crippen molar-refractivity contribution in [1.29, 1.82) is 0 Å². The summed E-state index contributed by atoms with van der Waals surface area (Å²) < 4.78 is 34.9. The number of hydrogen-bond donors (Lipinski definition) is 3. The van der Waals surface area contributed by atoms with Crippen LogP contribution >= 0.6 is 0 Å². The lowest BCUT2D eigenvalue weighted by atomic mass is 10.1. The highest BCUT2D eigenvalue weighted by atomic mass is 19.1. The molecule has 12 heteroatoms. The van der Waals surface area contributed by atoms with Gasteiger partial charge in [0.15, 0.2) is 6.23 Å². The third-order valence-corrected chi connectivity index (χ3v) is 4.55. The number of H-pyrrole nitrogens is 1. The summed E-state index contributed by atoms with van der Waals surface area (Å²) >= 11 is 0. The van der Waals surface area contributed by atoms with E-state index < -0.39 is 54.2 Å². The molecule has 1 aliphatic rings. The van der Waals surface area contributed by atoms with Crippen molar-refractivity contribution >= 4 is 5.97 Å². The summed E-state index contributed by atoms with van der Waals surface area (Å²) in [7, 11) is 2.72. The van der Waals surface area contributed by atoms with Gasteiger partial charge >= 0.3 is 11.7 Å². The molecular formula is C18H19FN2O9. The maximum absolute atomic E-state index is 13.5. The number of carbonyl (C=O) groups excluding carboxylic acids is 1. The van der Waals surface area contributed by atoms with Crippen molar-refractivity contribution in [3.63, 3.8) is 0 Å². The smallest absolute Gasteiger partial charge is 0.345 e. The largest absolute Gasteiger partial charge is 0.496 e. The van der Waals surface area contributed by atoms with Gasteiger partial charge < -0.3 is 29.2 Å². The zero-order chi connectivity index (χ0) is 22.0. The third kappa shape index (κ3) is 3.92. The van der Waals surface area contributed by atoms with Gasteiger partial charge in [-0.05, 0) is 12.1 Å². The number of aromatic amines is 1. The summed E-state index contributed by atoms with van der Waals surface area (Å²) in [6.07, 6.45) is -5.42. The molecule has 4 atom stereocenters. The first-order valence-electron chi connectivity index (χ1n) is 8.69. The Kier molecular flexibility index (Phi) is 6.20. The summed E-state index contributed by atoms with van der Waals surface area (Å²) in [4.78, 5) is 37.3. The van der Waals surface area contributed by atoms with Gasteiger partial charge in [0, 0.05) is 0 Å². The van der Waals surface area contributed by atoms with Crippen LogP contribution in [0.3, 0.4) is 0 Å². The van der Waals surface area contributed by atoms with Crippen LogP contribution in [0, 0.1) is 5.82 Å². The fraction of sp³-hybridized carbons (Fsp3) is 0.389. The molecule has 162 valence electrons. The summed E-state index contributed by atoms with van der Waals surface area (Å²) in [5.74, 6) is -1.73. The normalized spacial score (nSPS) is 23.2. The highest BCUT2D eigenvalue weighted by Crippen LogP contribution is 2.31. The molecule has 1 saturated heterocycles. The molecule has 11 nitrogen and oxygen atoms in total. The number of aliphatic hydroxyl groups excluding tert-OH is 2. The third-order valence-electron chi connectivity index (χ3n) is 4.55. The van der Waals surface area contributed by atoms with Gasteiger partial charge in [0.1, 0.15) is 42.0 Å². The van der Waals surface area contributed by atoms with Crippen molar-refractivity contribution in [3.8, 4) is 11.5 Å². The van der Waals surface area contributed by atoms with E-state index in [2.05, 4.69) is 0 Å². The van der Waals surface area contributed by atoms with E-state index in [0.717, 1.165) is 0 Å². The quantitative estimate of drug-likeness (QED) is 0.503. The van der Waals surface area contributed by atoms with Gasteiger partial charge in [0.2, 0.25) is 5.82 Å². The topological polar surface area (TPSA) is 149 Å². The van der Waals surface area contributed by atoms with Crippen molar-refractivity contribution in [2.24, 2.45) is 0 Å². The van der Waals surface area contributed by atoms with Crippen LogP contribution in [-0.2, 0) is 9.47 Å². The number of hydrogen-bond acceptors (Lipinski definition) is 9. The average Bonchev–Trinajstić information content (AvgIpc) is 3.02. The van der Waals surface area contributed by atoms with Crippen molar-refractivity contribution in [2.45, 2.75) is 24.5 Å². The zero-order valence-corrected chi connectivity index (χ0v) is 15.9. The fourth-order valence-corrected chi connectivity index (χ4v) is 3.03. The molecule has 3 N–H and O–H groups in total. The molecule has 30 heavy (non-hydrogen) atoms. The van der Waals surface area contributed by atoms with Crippen LogP contribution < -0.4 is 20.7 Å². The number of rotatable bonds is 6. The molecule has 2 aromatic rings. The predicted octanol–water partition coefficient (Wildman–Crippen LogP) is -0.831. The average molecular weight is 426 g/mol. The number of methoxy groups -OCH3 is 2. The Morgan fingerprint density at radius 2 is 1.83 bits per heavy atom. The summed E-state index contributed by atoms with van der Waals surface area (Å²) in [5.41, 5.74) is -2.28. The monoisotopic (exact) mass is 426 g/mol. The molecule has 0 bridgehead atoms. The highest BCUT2D eigenvalue weighted by molar-refractivity contribution is 5.95. The second kappa shape index (κ2) is 8.65. The van der Waals surface area contributed by atoms with Crippen LogP contribution in [0.5, 0.6) is 11.5 Å². The Morgan fingerprint density at radius 3 is 2.43 bits per heavy atom. The van der Waals surface area contributed by atoms with Crippen LogP contribution in [-0.4, -0.2) is 64.9 Å². The Balaban J connectivity index is 1.76. The number of nitrogens with one attached hydrogen (secondary N) is 1. The van der Waals surface area contributed by atoms with Crippen molar-refractivity contribution in [2.75, 3.05) is 20.8 Å². The minimum absolute atomic E-state index is 0.00557. The van der Waals surface area contributed by atoms with Crippen molar-refractivity contribution in [1.82, 2.24) is 9.55 Å². The predicted molar refractivity (Wildman–Crippen MR) is 97.0 cm³/mol. The van der Waals surface area contributed by atoms with Gasteiger partial charge in [0.25, 0.3) is 5.56 Å². The van der Waals surface area contributed by atoms with Crippen LogP contribution in [0.1, 0.15) is 16.6 Å². The first kappa shape index (κ1) is 21.5. The first-order chi connectivity index (χ1) is 14.3. The number of halogens is 1. The summed E-state index contributed by atoms with van der Waals surface area (Å²) in [6.45, 7) is -0.505. The van der Waals surface area contributed by atoms with Gasteiger partial charge in [-0.2, -0.15) is 4.39 Å². The van der Waals surface area contributed by atoms with E-state index in [1.54, 1.807) is 11.1 Å². The molecule has 1 aromatic carbocycles. The molecule has 0 radical (unpaired) electrons. The van der Waals surface area contributed by atoms with Crippen LogP contribution in [0.25, 0.3) is 0 Å². The number of benzene rings is 1. The van der Waals surface area contributed by atoms with E-state index in [-0.39, 0.29) is 17.1 Å².